The van der Waals surface area contributed by atoms with Crippen molar-refractivity contribution in [2.75, 3.05) is 18.4 Å². The Kier molecular flexibility index (Phi) is 3.99. The lowest BCUT2D eigenvalue weighted by atomic mass is 9.63. The third-order valence-electron chi connectivity index (χ3n) is 5.38. The number of imide groups is 1. The summed E-state index contributed by atoms with van der Waals surface area (Å²) < 4.78 is 0. The van der Waals surface area contributed by atoms with Gasteiger partial charge in [-0.1, -0.05) is 18.2 Å². The number of fused-ring (bicyclic) bond motifs is 1. The Balaban J connectivity index is 1.32. The van der Waals surface area contributed by atoms with Crippen molar-refractivity contribution < 1.29 is 14.4 Å². The van der Waals surface area contributed by atoms with Crippen molar-refractivity contribution in [2.45, 2.75) is 12.8 Å². The Hall–Kier alpha value is -2.70. The first-order valence-corrected chi connectivity index (χ1v) is 8.64. The highest BCUT2D eigenvalue weighted by Gasteiger charge is 2.56. The number of likely N-dealkylation sites (tertiary alicyclic amines) is 1. The molecule has 4 aliphatic rings. The number of urea groups is 1. The van der Waals surface area contributed by atoms with Crippen LogP contribution in [0.5, 0.6) is 0 Å². The Morgan fingerprint density at radius 3 is 2.36 bits per heavy atom. The fourth-order valence-corrected chi connectivity index (χ4v) is 4.23. The number of nitrogens with one attached hydrogen (secondary N) is 2. The maximum atomic E-state index is 12.6. The Labute approximate surface area is 145 Å². The summed E-state index contributed by atoms with van der Waals surface area (Å²) in [6.45, 7) is 0.429. The summed E-state index contributed by atoms with van der Waals surface area (Å²) >= 11 is 0. The van der Waals surface area contributed by atoms with Crippen molar-refractivity contribution in [1.82, 2.24) is 15.2 Å². The molecular weight excluding hydrogens is 320 g/mol. The summed E-state index contributed by atoms with van der Waals surface area (Å²) in [5.74, 6) is 0.273. The number of hydrogen-bond donors (Lipinski definition) is 2. The number of amides is 4. The van der Waals surface area contributed by atoms with Crippen LogP contribution in [0.3, 0.4) is 0 Å². The van der Waals surface area contributed by atoms with E-state index in [1.807, 2.05) is 0 Å². The van der Waals surface area contributed by atoms with Crippen LogP contribution in [0.4, 0.5) is 10.6 Å². The van der Waals surface area contributed by atoms with Crippen LogP contribution in [0.25, 0.3) is 0 Å². The van der Waals surface area contributed by atoms with Gasteiger partial charge in [-0.15, -0.1) is 0 Å². The molecule has 1 saturated heterocycles. The number of carbonyl (C=O) groups excluding carboxylic acids is 3. The van der Waals surface area contributed by atoms with E-state index in [1.165, 1.54) is 4.90 Å². The van der Waals surface area contributed by atoms with Gasteiger partial charge in [0, 0.05) is 19.3 Å². The first-order chi connectivity index (χ1) is 12.1. The SMILES string of the molecule is O=C(NCCN1C(=O)[C@H]2[C@H](C1=O)[C@H]1C=C[C@H]2CC1)Nc1ccccn1. The molecule has 0 aromatic carbocycles. The zero-order valence-electron chi connectivity index (χ0n) is 13.7. The van der Waals surface area contributed by atoms with Crippen LogP contribution in [0.1, 0.15) is 12.8 Å². The van der Waals surface area contributed by atoms with Crippen molar-refractivity contribution in [3.05, 3.63) is 36.5 Å². The van der Waals surface area contributed by atoms with Crippen LogP contribution < -0.4 is 10.6 Å². The molecule has 1 aromatic heterocycles. The molecule has 2 bridgehead atoms. The molecule has 2 N–H and O–H groups in total. The van der Waals surface area contributed by atoms with Gasteiger partial charge < -0.3 is 5.32 Å². The van der Waals surface area contributed by atoms with Crippen LogP contribution in [0.15, 0.2) is 36.5 Å². The molecule has 25 heavy (non-hydrogen) atoms. The molecule has 4 atom stereocenters. The van der Waals surface area contributed by atoms with E-state index < -0.39 is 6.03 Å². The summed E-state index contributed by atoms with van der Waals surface area (Å²) in [4.78, 5) is 42.5. The Morgan fingerprint density at radius 2 is 1.80 bits per heavy atom. The minimum atomic E-state index is -0.406. The predicted molar refractivity (Wildman–Crippen MR) is 90.3 cm³/mol. The normalized spacial score (nSPS) is 29.7. The molecular formula is C18H20N4O3. The highest BCUT2D eigenvalue weighted by atomic mass is 16.2. The highest BCUT2D eigenvalue weighted by Crippen LogP contribution is 2.49. The quantitative estimate of drug-likeness (QED) is 0.640. The molecule has 3 aliphatic carbocycles. The van der Waals surface area contributed by atoms with Gasteiger partial charge in [0.1, 0.15) is 5.82 Å². The second kappa shape index (κ2) is 6.31. The third-order valence-corrected chi connectivity index (χ3v) is 5.38. The van der Waals surface area contributed by atoms with Crippen LogP contribution in [-0.2, 0) is 9.59 Å². The predicted octanol–water partition coefficient (Wildman–Crippen LogP) is 1.40. The number of allylic oxidation sites excluding steroid dienone is 2. The summed E-state index contributed by atoms with van der Waals surface area (Å²) in [7, 11) is 0. The zero-order valence-corrected chi connectivity index (χ0v) is 13.7. The molecule has 2 heterocycles. The standard InChI is InChI=1S/C18H20N4O3/c23-16-14-11-4-5-12(7-6-11)15(14)17(24)22(16)10-9-20-18(25)21-13-3-1-2-8-19-13/h1-5,8,11-12,14-15H,6-7,9-10H2,(H2,19,20,21,25)/t11-,12-,14+,15+/m0/s1. The number of hydrogen-bond acceptors (Lipinski definition) is 4. The smallest absolute Gasteiger partial charge is 0.320 e. The molecule has 4 amide bonds. The number of anilines is 1. The van der Waals surface area contributed by atoms with Crippen molar-refractivity contribution in [3.8, 4) is 0 Å². The van der Waals surface area contributed by atoms with Gasteiger partial charge in [-0.3, -0.25) is 19.8 Å². The van der Waals surface area contributed by atoms with E-state index in [0.29, 0.717) is 5.82 Å². The molecule has 2 fully saturated rings. The van der Waals surface area contributed by atoms with E-state index in [0.717, 1.165) is 12.8 Å². The van der Waals surface area contributed by atoms with Gasteiger partial charge in [0.2, 0.25) is 11.8 Å². The molecule has 130 valence electrons. The lowest BCUT2D eigenvalue weighted by Gasteiger charge is -2.38. The van der Waals surface area contributed by atoms with E-state index >= 15 is 0 Å². The van der Waals surface area contributed by atoms with E-state index in [4.69, 9.17) is 0 Å². The van der Waals surface area contributed by atoms with Crippen LogP contribution >= 0.6 is 0 Å². The van der Waals surface area contributed by atoms with Crippen molar-refractivity contribution in [2.24, 2.45) is 23.7 Å². The molecule has 7 heteroatoms. The minimum Gasteiger partial charge on any atom is -0.336 e. The second-order valence-corrected chi connectivity index (χ2v) is 6.77. The van der Waals surface area contributed by atoms with E-state index in [9.17, 15) is 14.4 Å². The third kappa shape index (κ3) is 2.79. The Bertz CT molecular complexity index is 701. The summed E-state index contributed by atoms with van der Waals surface area (Å²) in [6, 6.07) is 4.81. The zero-order chi connectivity index (χ0) is 17.4. The summed E-state index contributed by atoms with van der Waals surface area (Å²) in [5, 5.41) is 5.27. The van der Waals surface area contributed by atoms with E-state index in [-0.39, 0.29) is 48.6 Å². The number of rotatable bonds is 4. The molecule has 1 aromatic rings. The first kappa shape index (κ1) is 15.8. The molecule has 0 radical (unpaired) electrons. The van der Waals surface area contributed by atoms with E-state index in [2.05, 4.69) is 27.8 Å². The van der Waals surface area contributed by atoms with Crippen molar-refractivity contribution >= 4 is 23.7 Å². The van der Waals surface area contributed by atoms with Crippen LogP contribution in [0.2, 0.25) is 0 Å². The summed E-state index contributed by atoms with van der Waals surface area (Å²) in [5.41, 5.74) is 0. The number of carbonyl (C=O) groups is 3. The molecule has 5 rings (SSSR count). The molecule has 1 saturated carbocycles. The summed E-state index contributed by atoms with van der Waals surface area (Å²) in [6.07, 6.45) is 7.76. The number of nitrogens with zero attached hydrogens (tertiary/aromatic N) is 2. The van der Waals surface area contributed by atoms with Gasteiger partial charge in [-0.25, -0.2) is 9.78 Å². The average Bonchev–Trinajstić information content (AvgIpc) is 2.90. The van der Waals surface area contributed by atoms with Gasteiger partial charge in [0.25, 0.3) is 0 Å². The van der Waals surface area contributed by atoms with Crippen molar-refractivity contribution in [1.29, 1.82) is 0 Å². The van der Waals surface area contributed by atoms with Crippen molar-refractivity contribution in [3.63, 3.8) is 0 Å². The molecule has 1 aliphatic heterocycles. The van der Waals surface area contributed by atoms with Gasteiger partial charge in [-0.05, 0) is 36.8 Å². The topological polar surface area (TPSA) is 91.4 Å². The van der Waals surface area contributed by atoms with Crippen LogP contribution in [-0.4, -0.2) is 40.8 Å². The first-order valence-electron chi connectivity index (χ1n) is 8.64. The lowest BCUT2D eigenvalue weighted by Crippen LogP contribution is -2.40. The maximum absolute atomic E-state index is 12.6. The fraction of sp³-hybridized carbons (Fsp3) is 0.444. The second-order valence-electron chi connectivity index (χ2n) is 6.77. The van der Waals surface area contributed by atoms with E-state index in [1.54, 1.807) is 24.4 Å². The lowest BCUT2D eigenvalue weighted by molar-refractivity contribution is -0.140. The van der Waals surface area contributed by atoms with Gasteiger partial charge >= 0.3 is 6.03 Å². The number of pyridine rings is 1. The molecule has 0 unspecified atom stereocenters. The van der Waals surface area contributed by atoms with Gasteiger partial charge in [-0.2, -0.15) is 0 Å². The molecule has 7 nitrogen and oxygen atoms in total. The van der Waals surface area contributed by atoms with Gasteiger partial charge in [0.05, 0.1) is 11.8 Å². The largest absolute Gasteiger partial charge is 0.336 e. The fourth-order valence-electron chi connectivity index (χ4n) is 4.23. The van der Waals surface area contributed by atoms with Gasteiger partial charge in [0.15, 0.2) is 0 Å². The maximum Gasteiger partial charge on any atom is 0.320 e. The van der Waals surface area contributed by atoms with Crippen LogP contribution in [0, 0.1) is 23.7 Å². The highest BCUT2D eigenvalue weighted by molar-refractivity contribution is 6.06. The minimum absolute atomic E-state index is 0.0824. The Morgan fingerprint density at radius 1 is 1.12 bits per heavy atom. The number of aromatic nitrogens is 1. The average molecular weight is 340 g/mol. The monoisotopic (exact) mass is 340 g/mol. The molecule has 0 spiro atoms.